The van der Waals surface area contributed by atoms with Gasteiger partial charge in [0.25, 0.3) is 0 Å². The molecule has 8 radical (unpaired) electrons. The van der Waals surface area contributed by atoms with Crippen LogP contribution in [-0.2, 0) is 121 Å². The molecule has 93 heavy (non-hydrogen) atoms. The van der Waals surface area contributed by atoms with Crippen LogP contribution in [0.15, 0.2) is 116 Å². The summed E-state index contributed by atoms with van der Waals surface area (Å²) in [5, 5.41) is 33.9. The fourth-order valence-electron chi connectivity index (χ4n) is 8.91. The zero-order chi connectivity index (χ0) is 65.0. The van der Waals surface area contributed by atoms with Crippen LogP contribution in [0.25, 0.3) is 0 Å². The van der Waals surface area contributed by atoms with Crippen molar-refractivity contribution < 1.29 is 66.4 Å². The number of carbonyl (C=O) groups excluding carboxylic acids is 1. The van der Waals surface area contributed by atoms with Crippen molar-refractivity contribution in [2.75, 3.05) is 106 Å². The molecule has 4 heterocycles. The Hall–Kier alpha value is -7.95. The number of carbonyl (C=O) groups is 1. The lowest BCUT2D eigenvalue weighted by atomic mass is 9.92. The molecule has 0 saturated carbocycles. The average Bonchev–Trinajstić information content (AvgIpc) is 2.91. The number of hydrogen-bond acceptors (Lipinski definition) is 22. The van der Waals surface area contributed by atoms with Gasteiger partial charge in [-0.25, -0.2) is 18.7 Å². The van der Waals surface area contributed by atoms with Crippen molar-refractivity contribution in [1.82, 2.24) is 60.0 Å². The third-order valence-electron chi connectivity index (χ3n) is 13.8. The lowest BCUT2D eigenvalue weighted by Gasteiger charge is -2.33. The van der Waals surface area contributed by atoms with Crippen LogP contribution < -0.4 is 23.7 Å². The van der Waals surface area contributed by atoms with E-state index in [4.69, 9.17) is 93.0 Å². The Bertz CT molecular complexity index is 3160. The van der Waals surface area contributed by atoms with Gasteiger partial charge in [-0.1, -0.05) is 111 Å². The molecule has 4 aromatic heterocycles. The Morgan fingerprint density at radius 2 is 0.688 bits per heavy atom. The first-order chi connectivity index (χ1) is 45.6. The summed E-state index contributed by atoms with van der Waals surface area (Å²) in [5.74, 6) is 2.31. The van der Waals surface area contributed by atoms with Gasteiger partial charge in [-0.3, -0.25) is 4.79 Å². The molecule has 4 aromatic carbocycles. The Labute approximate surface area is 547 Å². The van der Waals surface area contributed by atoms with Gasteiger partial charge in [0.15, 0.2) is 11.5 Å². The quantitative estimate of drug-likeness (QED) is 0.0224. The van der Waals surface area contributed by atoms with Crippen LogP contribution in [0, 0.1) is 5.41 Å². The average molecular weight is 1270 g/mol. The minimum absolute atomic E-state index is 0.0849. The van der Waals surface area contributed by atoms with E-state index in [-0.39, 0.29) is 91.6 Å². The van der Waals surface area contributed by atoms with Crippen molar-refractivity contribution in [3.63, 3.8) is 0 Å². The predicted octanol–water partition coefficient (Wildman–Crippen LogP) is 4.19. The number of benzene rings is 4. The van der Waals surface area contributed by atoms with Gasteiger partial charge in [0.05, 0.1) is 193 Å². The fourth-order valence-corrected chi connectivity index (χ4v) is 8.91. The maximum Gasteiger partial charge on any atom is 0.308 e. The Balaban J connectivity index is 0.817. The van der Waals surface area contributed by atoms with E-state index < -0.39 is 11.4 Å². The van der Waals surface area contributed by atoms with Gasteiger partial charge in [-0.05, 0) is 48.5 Å². The molecule has 30 heteroatoms. The van der Waals surface area contributed by atoms with Crippen molar-refractivity contribution in [3.05, 3.63) is 161 Å². The highest BCUT2D eigenvalue weighted by molar-refractivity contribution is 6.09. The molecule has 0 spiro atoms. The zero-order valence-electron chi connectivity index (χ0n) is 52.7. The number of aromatic nitrogens is 12. The lowest BCUT2D eigenvalue weighted by molar-refractivity contribution is -0.132. The van der Waals surface area contributed by atoms with Crippen molar-refractivity contribution >= 4 is 37.4 Å². The molecule has 0 fully saturated rings. The molecule has 26 nitrogen and oxygen atoms in total. The Morgan fingerprint density at radius 3 is 1.01 bits per heavy atom. The second kappa shape index (κ2) is 40.2. The number of nitrogens with zero attached hydrogens (tertiary/aromatic N) is 12. The summed E-state index contributed by atoms with van der Waals surface area (Å²) in [6.45, 7) is 8.57. The van der Waals surface area contributed by atoms with Crippen LogP contribution in [0.4, 0.5) is 0 Å². The SMILES string of the molecule is [B]Cc1cccc(OCc2cn(CCOCCOCC(COCCOCCn3cc(COc4cccc(C[B])c4)nn3)(COCCOCCn3cc(COc4cccc(C[B])c4)nn3)COCCOCCn3cc(COc4cc(C[B])ccc4OC(C)=O)nn3)nn2)c1. The molecule has 0 saturated heterocycles. The summed E-state index contributed by atoms with van der Waals surface area (Å²) >= 11 is 0. The van der Waals surface area contributed by atoms with E-state index in [0.717, 1.165) is 22.3 Å². The van der Waals surface area contributed by atoms with Crippen LogP contribution in [-0.4, -0.2) is 203 Å². The van der Waals surface area contributed by atoms with E-state index in [1.165, 1.54) is 6.92 Å². The first kappa shape index (κ1) is 70.9. The lowest BCUT2D eigenvalue weighted by Crippen LogP contribution is -2.43. The van der Waals surface area contributed by atoms with Gasteiger partial charge in [0.2, 0.25) is 0 Å². The van der Waals surface area contributed by atoms with Crippen LogP contribution in [0.5, 0.6) is 28.7 Å². The molecule has 0 aliphatic carbocycles. The highest BCUT2D eigenvalue weighted by Gasteiger charge is 2.33. The smallest absolute Gasteiger partial charge is 0.308 e. The van der Waals surface area contributed by atoms with Crippen LogP contribution in [0.2, 0.25) is 0 Å². The van der Waals surface area contributed by atoms with Crippen LogP contribution >= 0.6 is 0 Å². The van der Waals surface area contributed by atoms with Crippen LogP contribution in [0.1, 0.15) is 52.0 Å². The summed E-state index contributed by atoms with van der Waals surface area (Å²) in [4.78, 5) is 11.7. The first-order valence-electron chi connectivity index (χ1n) is 30.7. The molecule has 0 N–H and O–H groups in total. The molecule has 486 valence electrons. The Kier molecular flexibility index (Phi) is 30.7. The predicted molar refractivity (Wildman–Crippen MR) is 341 cm³/mol. The summed E-state index contributed by atoms with van der Waals surface area (Å²) in [5.41, 5.74) is 5.57. The number of hydrogen-bond donors (Lipinski definition) is 0. The molecule has 8 rings (SSSR count). The minimum atomic E-state index is -0.787. The molecule has 0 unspecified atom stereocenters. The highest BCUT2D eigenvalue weighted by atomic mass is 16.6. The highest BCUT2D eigenvalue weighted by Crippen LogP contribution is 2.30. The molecule has 0 bridgehead atoms. The van der Waals surface area contributed by atoms with E-state index in [9.17, 15) is 4.79 Å². The van der Waals surface area contributed by atoms with Gasteiger partial charge in [-0.15, -0.1) is 20.4 Å². The monoisotopic (exact) mass is 1270 g/mol. The number of rotatable bonds is 49. The largest absolute Gasteiger partial charge is 0.487 e. The van der Waals surface area contributed by atoms with Gasteiger partial charge < -0.3 is 61.6 Å². The van der Waals surface area contributed by atoms with E-state index in [2.05, 4.69) is 41.2 Å². The van der Waals surface area contributed by atoms with E-state index in [1.54, 1.807) is 43.1 Å². The fraction of sp³-hybridized carbons (Fsp3) is 0.476. The van der Waals surface area contributed by atoms with Crippen molar-refractivity contribution in [2.24, 2.45) is 5.41 Å². The normalized spacial score (nSPS) is 11.5. The van der Waals surface area contributed by atoms with Gasteiger partial charge in [0, 0.05) is 6.92 Å². The second-order valence-electron chi connectivity index (χ2n) is 21.3. The zero-order valence-corrected chi connectivity index (χ0v) is 52.7. The standard InChI is InChI=1S/C63H78B4N12O14/c1-49(80)93-61-12-11-53(36-67)32-62(61)92-44-57-40-79(75-71-57)16-20-84-24-28-88-48-63(45-85-25-21-81-17-13-76-37-54(68-72-76)41-89-58-8-2-5-50(29-58)33-64,46-86-26-22-82-18-14-77-38-55(69-73-77)42-90-59-9-3-6-51(30-59)34-65)47-87-27-23-83-19-15-78-39-56(70-74-78)43-91-60-10-4-7-52(31-60)35-66/h2-12,29-32,37-40H,13-28,33-36,41-48H2,1H3. The second-order valence-corrected chi connectivity index (χ2v) is 21.3. The number of ether oxygens (including phenoxy) is 13. The molecule has 0 atom stereocenters. The van der Waals surface area contributed by atoms with Crippen molar-refractivity contribution in [1.29, 1.82) is 0 Å². The molecule has 0 aliphatic heterocycles. The third kappa shape index (κ3) is 26.2. The van der Waals surface area contributed by atoms with E-state index >= 15 is 0 Å². The molecule has 0 aliphatic rings. The van der Waals surface area contributed by atoms with Crippen molar-refractivity contribution in [3.8, 4) is 28.7 Å². The Morgan fingerprint density at radius 1 is 0.376 bits per heavy atom. The van der Waals surface area contributed by atoms with E-state index in [0.29, 0.717) is 143 Å². The van der Waals surface area contributed by atoms with Crippen LogP contribution in [0.3, 0.4) is 0 Å². The van der Waals surface area contributed by atoms with Gasteiger partial charge >= 0.3 is 5.97 Å². The maximum absolute atomic E-state index is 11.7. The number of esters is 1. The third-order valence-corrected chi connectivity index (χ3v) is 13.8. The summed E-state index contributed by atoms with van der Waals surface area (Å²) in [6, 6.07) is 28.0. The summed E-state index contributed by atoms with van der Waals surface area (Å²) < 4.78 is 85.0. The maximum atomic E-state index is 11.7. The van der Waals surface area contributed by atoms with Gasteiger partial charge in [-0.2, -0.15) is 0 Å². The first-order valence-corrected chi connectivity index (χ1v) is 30.7. The topological polar surface area (TPSA) is 260 Å². The van der Waals surface area contributed by atoms with E-state index in [1.807, 2.05) is 91.4 Å². The minimum Gasteiger partial charge on any atom is -0.487 e. The molecule has 0 amide bonds. The summed E-state index contributed by atoms with van der Waals surface area (Å²) in [6.07, 6.45) is 8.80. The molecular weight excluding hydrogens is 1190 g/mol. The molecule has 8 aromatic rings. The summed E-state index contributed by atoms with van der Waals surface area (Å²) in [7, 11) is 23.2. The molecular formula is C63H78B4N12O14. The van der Waals surface area contributed by atoms with Gasteiger partial charge in [0.1, 0.15) is 66.5 Å². The van der Waals surface area contributed by atoms with Crippen molar-refractivity contribution in [2.45, 2.75) is 84.8 Å².